The number of aromatic hydroxyl groups is 1. The average molecular weight is 777 g/mol. The van der Waals surface area contributed by atoms with Gasteiger partial charge in [-0.15, -0.1) is 0 Å². The van der Waals surface area contributed by atoms with Gasteiger partial charge in [-0.3, -0.25) is 19.7 Å². The minimum atomic E-state index is -4.69. The standard InChI is InChI=1S/C21H11F6N3O2.C6H5F3N2.C6H4F3NO/c22-11-5-16(23)14(17(24)6-11)9-30-10-29-20(31)13-7-12(1-2-18(13)30)32-19-8-28-4-3-15(19)21(25,26)27;7-6(8,9)4-1-2-11-3-5(4)10;7-6(8,9)4-1-2-10-3-5(4)11/h1-8,10H,9H2;1-3H,10H2;1-3,11H. The third kappa shape index (κ3) is 10.1. The summed E-state index contributed by atoms with van der Waals surface area (Å²) in [6, 6.07) is 7.12. The number of anilines is 1. The van der Waals surface area contributed by atoms with Crippen molar-refractivity contribution in [1.82, 2.24) is 24.5 Å². The number of benzene rings is 2. The van der Waals surface area contributed by atoms with Crippen LogP contribution >= 0.6 is 0 Å². The number of alkyl halides is 9. The molecule has 6 rings (SSSR count). The zero-order chi connectivity index (χ0) is 40.0. The van der Waals surface area contributed by atoms with Gasteiger partial charge in [0.2, 0.25) is 0 Å². The summed E-state index contributed by atoms with van der Waals surface area (Å²) in [6.07, 6.45) is -6.92. The third-order valence-corrected chi connectivity index (χ3v) is 6.84. The summed E-state index contributed by atoms with van der Waals surface area (Å²) in [5, 5.41) is 8.60. The van der Waals surface area contributed by atoms with Gasteiger partial charge in [0.25, 0.3) is 5.56 Å². The maximum atomic E-state index is 14.0. The highest BCUT2D eigenvalue weighted by Crippen LogP contribution is 2.38. The van der Waals surface area contributed by atoms with Crippen molar-refractivity contribution in [2.24, 2.45) is 0 Å². The summed E-state index contributed by atoms with van der Waals surface area (Å²) < 4.78 is 159. The number of hydrogen-bond donors (Lipinski definition) is 2. The van der Waals surface area contributed by atoms with Crippen LogP contribution in [0.2, 0.25) is 0 Å². The molecule has 21 heteroatoms. The highest BCUT2D eigenvalue weighted by molar-refractivity contribution is 5.79. The van der Waals surface area contributed by atoms with Crippen molar-refractivity contribution >= 4 is 16.6 Å². The Labute approximate surface area is 294 Å². The number of halogens is 12. The van der Waals surface area contributed by atoms with E-state index in [4.69, 9.17) is 15.6 Å². The second-order valence-corrected chi connectivity index (χ2v) is 10.5. The summed E-state index contributed by atoms with van der Waals surface area (Å²) in [5.41, 5.74) is 0.713. The predicted molar refractivity (Wildman–Crippen MR) is 165 cm³/mol. The van der Waals surface area contributed by atoms with Crippen molar-refractivity contribution in [3.8, 4) is 17.2 Å². The molecule has 4 aromatic heterocycles. The smallest absolute Gasteiger partial charge is 0.420 e. The fraction of sp³-hybridized carbons (Fsp3) is 0.121. The fourth-order valence-electron chi connectivity index (χ4n) is 4.39. The van der Waals surface area contributed by atoms with Gasteiger partial charge in [0.1, 0.15) is 40.1 Å². The van der Waals surface area contributed by atoms with Crippen molar-refractivity contribution in [1.29, 1.82) is 0 Å². The van der Waals surface area contributed by atoms with E-state index in [0.29, 0.717) is 12.1 Å². The topological polar surface area (TPSA) is 129 Å². The Balaban J connectivity index is 0.000000240. The van der Waals surface area contributed by atoms with Crippen LogP contribution < -0.4 is 16.0 Å². The van der Waals surface area contributed by atoms with Gasteiger partial charge in [-0.25, -0.2) is 13.2 Å². The number of hydrogen-bond acceptors (Lipinski definition) is 8. The zero-order valence-electron chi connectivity index (χ0n) is 26.5. The van der Waals surface area contributed by atoms with Crippen LogP contribution in [0.1, 0.15) is 22.3 Å². The molecule has 4 heterocycles. The molecule has 9 nitrogen and oxygen atoms in total. The second-order valence-electron chi connectivity index (χ2n) is 10.5. The average Bonchev–Trinajstić information content (AvgIpc) is 3.07. The number of nitrogen functional groups attached to an aromatic ring is 1. The van der Waals surface area contributed by atoms with E-state index in [1.807, 2.05) is 0 Å². The number of pyridine rings is 3. The maximum Gasteiger partial charge on any atom is 0.420 e. The normalized spacial score (nSPS) is 11.6. The van der Waals surface area contributed by atoms with E-state index in [2.05, 4.69) is 19.9 Å². The molecule has 0 fully saturated rings. The van der Waals surface area contributed by atoms with Gasteiger partial charge in [-0.2, -0.15) is 44.5 Å². The van der Waals surface area contributed by atoms with Crippen LogP contribution in [0.15, 0.2) is 96.8 Å². The molecule has 6 aromatic rings. The molecular weight excluding hydrogens is 756 g/mol. The Morgan fingerprint density at radius 1 is 0.704 bits per heavy atom. The summed E-state index contributed by atoms with van der Waals surface area (Å²) in [5.74, 6) is -4.84. The quantitative estimate of drug-likeness (QED) is 0.171. The van der Waals surface area contributed by atoms with E-state index in [-0.39, 0.29) is 22.3 Å². The molecule has 0 radical (unpaired) electrons. The Morgan fingerprint density at radius 3 is 1.76 bits per heavy atom. The van der Waals surface area contributed by atoms with Gasteiger partial charge in [0, 0.05) is 36.3 Å². The van der Waals surface area contributed by atoms with Crippen molar-refractivity contribution in [2.45, 2.75) is 25.1 Å². The summed E-state index contributed by atoms with van der Waals surface area (Å²) in [6.45, 7) is -0.414. The van der Waals surface area contributed by atoms with Gasteiger partial charge < -0.3 is 20.1 Å². The van der Waals surface area contributed by atoms with Crippen LogP contribution in [0.4, 0.5) is 58.4 Å². The summed E-state index contributed by atoms with van der Waals surface area (Å²) >= 11 is 0. The van der Waals surface area contributed by atoms with Crippen LogP contribution in [-0.2, 0) is 25.1 Å². The molecular formula is C33H20F12N6O3. The van der Waals surface area contributed by atoms with Crippen molar-refractivity contribution in [2.75, 3.05) is 5.73 Å². The Kier molecular flexibility index (Phi) is 12.0. The number of nitrogens with zero attached hydrogens (tertiary/aromatic N) is 5. The largest absolute Gasteiger partial charge is 0.506 e. The number of aromatic nitrogens is 5. The molecule has 0 atom stereocenters. The second kappa shape index (κ2) is 16.1. The lowest BCUT2D eigenvalue weighted by Crippen LogP contribution is -2.14. The molecule has 0 bridgehead atoms. The van der Waals surface area contributed by atoms with E-state index < -0.39 is 81.8 Å². The lowest BCUT2D eigenvalue weighted by molar-refractivity contribution is -0.139. The Bertz CT molecular complexity index is 2230. The van der Waals surface area contributed by atoms with Crippen molar-refractivity contribution in [3.05, 3.63) is 142 Å². The number of rotatable bonds is 4. The highest BCUT2D eigenvalue weighted by atomic mass is 19.4. The zero-order valence-corrected chi connectivity index (χ0v) is 26.5. The first-order valence-corrected chi connectivity index (χ1v) is 14.4. The molecule has 54 heavy (non-hydrogen) atoms. The molecule has 0 amide bonds. The molecule has 0 aliphatic heterocycles. The lowest BCUT2D eigenvalue weighted by Gasteiger charge is -2.14. The number of fused-ring (bicyclic) bond motifs is 1. The summed E-state index contributed by atoms with van der Waals surface area (Å²) in [4.78, 5) is 26.2. The first-order valence-electron chi connectivity index (χ1n) is 14.4. The van der Waals surface area contributed by atoms with E-state index in [1.54, 1.807) is 0 Å². The van der Waals surface area contributed by atoms with Gasteiger partial charge in [-0.1, -0.05) is 0 Å². The maximum absolute atomic E-state index is 14.0. The van der Waals surface area contributed by atoms with Crippen LogP contribution in [0, 0.1) is 17.5 Å². The third-order valence-electron chi connectivity index (χ3n) is 6.84. The van der Waals surface area contributed by atoms with Crippen LogP contribution in [-0.4, -0.2) is 29.6 Å². The molecule has 0 aliphatic rings. The Morgan fingerprint density at radius 2 is 1.24 bits per heavy atom. The minimum Gasteiger partial charge on any atom is -0.506 e. The minimum absolute atomic E-state index is 0.0645. The van der Waals surface area contributed by atoms with Gasteiger partial charge in [0.05, 0.1) is 53.6 Å². The highest BCUT2D eigenvalue weighted by Gasteiger charge is 2.35. The molecule has 0 spiro atoms. The van der Waals surface area contributed by atoms with Crippen LogP contribution in [0.25, 0.3) is 10.9 Å². The lowest BCUT2D eigenvalue weighted by atomic mass is 10.1. The first kappa shape index (κ1) is 40.4. The van der Waals surface area contributed by atoms with Crippen LogP contribution in [0.3, 0.4) is 0 Å². The van der Waals surface area contributed by atoms with Gasteiger partial charge >= 0.3 is 18.5 Å². The van der Waals surface area contributed by atoms with E-state index in [0.717, 1.165) is 67.8 Å². The molecule has 2 aromatic carbocycles. The molecule has 0 saturated heterocycles. The molecule has 0 aliphatic carbocycles. The number of nitrogens with two attached hydrogens (primary N) is 1. The van der Waals surface area contributed by atoms with Gasteiger partial charge in [-0.05, 0) is 36.4 Å². The van der Waals surface area contributed by atoms with Crippen LogP contribution in [0.5, 0.6) is 17.2 Å². The van der Waals surface area contributed by atoms with E-state index in [9.17, 15) is 57.5 Å². The van der Waals surface area contributed by atoms with Gasteiger partial charge in [0.15, 0.2) is 5.75 Å². The molecule has 3 N–H and O–H groups in total. The molecule has 0 saturated carbocycles. The van der Waals surface area contributed by atoms with E-state index in [1.165, 1.54) is 16.7 Å². The van der Waals surface area contributed by atoms with Crippen molar-refractivity contribution in [3.63, 3.8) is 0 Å². The predicted octanol–water partition coefficient (Wildman–Crippen LogP) is 8.56. The molecule has 284 valence electrons. The summed E-state index contributed by atoms with van der Waals surface area (Å²) in [7, 11) is 0. The monoisotopic (exact) mass is 776 g/mol. The Hall–Kier alpha value is -6.41. The number of ether oxygens (including phenoxy) is 1. The van der Waals surface area contributed by atoms with Crippen molar-refractivity contribution < 1.29 is 62.5 Å². The fourth-order valence-corrected chi connectivity index (χ4v) is 4.39. The molecule has 0 unspecified atom stereocenters. The SMILES string of the molecule is Nc1cnccc1C(F)(F)F.O=c1ncn(Cc2c(F)cc(F)cc2F)c2ccc(Oc3cnccc3C(F)(F)F)cc12.Oc1cnccc1C(F)(F)F. The first-order chi connectivity index (χ1) is 25.2. The van der Waals surface area contributed by atoms with E-state index >= 15 is 0 Å².